The van der Waals surface area contributed by atoms with Crippen LogP contribution in [0, 0.1) is 12.7 Å². The van der Waals surface area contributed by atoms with Crippen LogP contribution in [0.25, 0.3) is 0 Å². The number of benzene rings is 2. The molecule has 0 unspecified atom stereocenters. The Labute approximate surface area is 164 Å². The van der Waals surface area contributed by atoms with Gasteiger partial charge in [-0.25, -0.2) is 4.39 Å². The number of hydrogen-bond acceptors (Lipinski definition) is 4. The molecule has 0 aromatic heterocycles. The van der Waals surface area contributed by atoms with Gasteiger partial charge in [0.15, 0.2) is 5.75 Å². The van der Waals surface area contributed by atoms with E-state index in [-0.39, 0.29) is 34.2 Å². The zero-order chi connectivity index (χ0) is 21.1. The molecule has 0 aliphatic rings. The Morgan fingerprint density at radius 1 is 1.21 bits per heavy atom. The van der Waals surface area contributed by atoms with Crippen molar-refractivity contribution in [2.45, 2.75) is 25.8 Å². The summed E-state index contributed by atoms with van der Waals surface area (Å²) in [7, 11) is -5.61. The molecular formula is C17H15ClF4N2O3S. The van der Waals surface area contributed by atoms with Crippen LogP contribution in [0.15, 0.2) is 41.6 Å². The van der Waals surface area contributed by atoms with Gasteiger partial charge in [0.1, 0.15) is 5.82 Å². The van der Waals surface area contributed by atoms with E-state index >= 15 is 0 Å². The van der Waals surface area contributed by atoms with Crippen LogP contribution in [-0.2, 0) is 10.0 Å². The lowest BCUT2D eigenvalue weighted by Crippen LogP contribution is -2.30. The maximum Gasteiger partial charge on any atom is 0.516 e. The first-order chi connectivity index (χ1) is 12.9. The highest BCUT2D eigenvalue weighted by Crippen LogP contribution is 2.28. The minimum Gasteiger partial charge on any atom is -0.357 e. The fourth-order valence-corrected chi connectivity index (χ4v) is 2.89. The maximum absolute atomic E-state index is 13.2. The predicted octanol–water partition coefficient (Wildman–Crippen LogP) is 5.24. The molecule has 0 aliphatic carbocycles. The van der Waals surface area contributed by atoms with Crippen molar-refractivity contribution < 1.29 is 30.8 Å². The van der Waals surface area contributed by atoms with Crippen molar-refractivity contribution in [3.8, 4) is 5.75 Å². The standard InChI is InChI=1S/C17H15ClF4N2O3S/c1-3-15(23-27-11-5-6-14(19)13(18)9-11)12-8-10(2)4-7-16(12)24-28(25,26)17(20,21)22/h4-9,24H,3H2,1-2H3/b23-15+. The summed E-state index contributed by atoms with van der Waals surface area (Å²) in [6.45, 7) is 3.34. The van der Waals surface area contributed by atoms with Crippen molar-refractivity contribution in [3.63, 3.8) is 0 Å². The molecular weight excluding hydrogens is 424 g/mol. The molecule has 0 atom stereocenters. The third-order valence-corrected chi connectivity index (χ3v) is 4.91. The molecule has 1 N–H and O–H groups in total. The molecule has 0 bridgehead atoms. The largest absolute Gasteiger partial charge is 0.516 e. The second kappa shape index (κ2) is 8.36. The van der Waals surface area contributed by atoms with Crippen LogP contribution in [-0.4, -0.2) is 19.6 Å². The van der Waals surface area contributed by atoms with Gasteiger partial charge < -0.3 is 4.84 Å². The molecule has 28 heavy (non-hydrogen) atoms. The molecule has 0 spiro atoms. The SMILES string of the molecule is CC/C(=N\Oc1ccc(F)c(Cl)c1)c1cc(C)ccc1NS(=O)(=O)C(F)(F)F. The maximum atomic E-state index is 13.2. The summed E-state index contributed by atoms with van der Waals surface area (Å²) in [6, 6.07) is 7.63. The number of sulfonamides is 1. The van der Waals surface area contributed by atoms with E-state index < -0.39 is 21.3 Å². The van der Waals surface area contributed by atoms with Gasteiger partial charge in [0.05, 0.1) is 16.4 Å². The number of hydrogen-bond donors (Lipinski definition) is 1. The Morgan fingerprint density at radius 3 is 2.46 bits per heavy atom. The van der Waals surface area contributed by atoms with Crippen molar-refractivity contribution >= 4 is 33.0 Å². The molecule has 2 aromatic rings. The van der Waals surface area contributed by atoms with Gasteiger partial charge in [-0.2, -0.15) is 21.6 Å². The molecule has 2 aromatic carbocycles. The first-order valence-electron chi connectivity index (χ1n) is 7.83. The summed E-state index contributed by atoms with van der Waals surface area (Å²) in [5, 5.41) is 3.67. The van der Waals surface area contributed by atoms with Crippen LogP contribution in [0.3, 0.4) is 0 Å². The minimum atomic E-state index is -5.61. The first-order valence-corrected chi connectivity index (χ1v) is 9.69. The smallest absolute Gasteiger partial charge is 0.357 e. The Hall–Kier alpha value is -2.33. The topological polar surface area (TPSA) is 67.8 Å². The van der Waals surface area contributed by atoms with E-state index in [4.69, 9.17) is 16.4 Å². The molecule has 0 radical (unpaired) electrons. The normalized spacial score (nSPS) is 12.8. The first kappa shape index (κ1) is 22.0. The van der Waals surface area contributed by atoms with Gasteiger partial charge in [0.25, 0.3) is 0 Å². The van der Waals surface area contributed by atoms with Gasteiger partial charge in [-0.05, 0) is 37.6 Å². The zero-order valence-electron chi connectivity index (χ0n) is 14.6. The molecule has 0 saturated carbocycles. The monoisotopic (exact) mass is 438 g/mol. The lowest BCUT2D eigenvalue weighted by atomic mass is 10.0. The summed E-state index contributed by atoms with van der Waals surface area (Å²) in [5.74, 6) is -0.557. The highest BCUT2D eigenvalue weighted by atomic mass is 35.5. The molecule has 11 heteroatoms. The van der Waals surface area contributed by atoms with Crippen LogP contribution in [0.4, 0.5) is 23.2 Å². The average Bonchev–Trinajstić information content (AvgIpc) is 2.59. The Kier molecular flexibility index (Phi) is 6.56. The van der Waals surface area contributed by atoms with E-state index in [2.05, 4.69) is 5.16 Å². The number of oxime groups is 1. The summed E-state index contributed by atoms with van der Waals surface area (Å²) in [4.78, 5) is 5.18. The molecule has 2 rings (SSSR count). The number of halogens is 5. The third kappa shape index (κ3) is 5.14. The summed E-state index contributed by atoms with van der Waals surface area (Å²) in [5.41, 5.74) is -4.83. The van der Waals surface area contributed by atoms with Gasteiger partial charge >= 0.3 is 15.5 Å². The van der Waals surface area contributed by atoms with Gasteiger partial charge in [-0.3, -0.25) is 4.72 Å². The van der Waals surface area contributed by atoms with Gasteiger partial charge in [-0.15, -0.1) is 0 Å². The van der Waals surface area contributed by atoms with E-state index in [9.17, 15) is 26.0 Å². The fourth-order valence-electron chi connectivity index (χ4n) is 2.13. The van der Waals surface area contributed by atoms with Crippen LogP contribution in [0.5, 0.6) is 5.75 Å². The van der Waals surface area contributed by atoms with Crippen molar-refractivity contribution in [1.29, 1.82) is 0 Å². The lowest BCUT2D eigenvalue weighted by molar-refractivity contribution is -0.0429. The summed E-state index contributed by atoms with van der Waals surface area (Å²) in [6.07, 6.45) is 0.207. The predicted molar refractivity (Wildman–Crippen MR) is 98.6 cm³/mol. The van der Waals surface area contributed by atoms with E-state index in [1.54, 1.807) is 13.8 Å². The summed E-state index contributed by atoms with van der Waals surface area (Å²) < 4.78 is 75.8. The fraction of sp³-hybridized carbons (Fsp3) is 0.235. The second-order valence-corrected chi connectivity index (χ2v) is 7.74. The Morgan fingerprint density at radius 2 is 1.89 bits per heavy atom. The van der Waals surface area contributed by atoms with E-state index in [0.717, 1.165) is 6.07 Å². The molecule has 0 heterocycles. The average molecular weight is 439 g/mol. The van der Waals surface area contributed by atoms with E-state index in [1.807, 2.05) is 0 Å². The van der Waals surface area contributed by atoms with Crippen LogP contribution < -0.4 is 9.56 Å². The highest BCUT2D eigenvalue weighted by Gasteiger charge is 2.46. The molecule has 5 nitrogen and oxygen atoms in total. The van der Waals surface area contributed by atoms with E-state index in [1.165, 1.54) is 35.1 Å². The lowest BCUT2D eigenvalue weighted by Gasteiger charge is -2.15. The molecule has 0 fully saturated rings. The van der Waals surface area contributed by atoms with Crippen LogP contribution in [0.1, 0.15) is 24.5 Å². The van der Waals surface area contributed by atoms with Crippen LogP contribution in [0.2, 0.25) is 5.02 Å². The Bertz CT molecular complexity index is 1010. The molecule has 152 valence electrons. The Balaban J connectivity index is 2.42. The van der Waals surface area contributed by atoms with Crippen molar-refractivity contribution in [1.82, 2.24) is 0 Å². The number of rotatable bonds is 6. The number of nitrogens with zero attached hydrogens (tertiary/aromatic N) is 1. The van der Waals surface area contributed by atoms with E-state index in [0.29, 0.717) is 5.56 Å². The van der Waals surface area contributed by atoms with Gasteiger partial charge in [-0.1, -0.05) is 35.3 Å². The number of nitrogens with one attached hydrogen (secondary N) is 1. The van der Waals surface area contributed by atoms with Crippen molar-refractivity contribution in [2.24, 2.45) is 5.16 Å². The third-order valence-electron chi connectivity index (χ3n) is 3.52. The molecule has 0 saturated heterocycles. The highest BCUT2D eigenvalue weighted by molar-refractivity contribution is 7.93. The van der Waals surface area contributed by atoms with Gasteiger partial charge in [0, 0.05) is 11.6 Å². The zero-order valence-corrected chi connectivity index (χ0v) is 16.2. The molecule has 0 amide bonds. The second-order valence-electron chi connectivity index (χ2n) is 5.66. The number of alkyl halides is 3. The summed E-state index contributed by atoms with van der Waals surface area (Å²) >= 11 is 5.65. The quantitative estimate of drug-likeness (QED) is 0.381. The number of aryl methyl sites for hydroxylation is 1. The van der Waals surface area contributed by atoms with Crippen molar-refractivity contribution in [2.75, 3.05) is 4.72 Å². The van der Waals surface area contributed by atoms with Gasteiger partial charge in [0.2, 0.25) is 0 Å². The minimum absolute atomic E-state index is 0.0995. The number of anilines is 1. The van der Waals surface area contributed by atoms with Crippen molar-refractivity contribution in [3.05, 3.63) is 58.4 Å². The molecule has 0 aliphatic heterocycles. The van der Waals surface area contributed by atoms with Crippen LogP contribution >= 0.6 is 11.6 Å².